The molecule has 3 aromatic carbocycles. The summed E-state index contributed by atoms with van der Waals surface area (Å²) in [6, 6.07) is 24.0. The molecule has 5 aromatic heterocycles. The minimum Gasteiger partial charge on any atom is -0.378 e. The Morgan fingerprint density at radius 3 is 1.24 bits per heavy atom. The molecular formula is C97H136ClN23O22. The zero-order valence-electron chi connectivity index (χ0n) is 82.4. The number of anilines is 7. The summed E-state index contributed by atoms with van der Waals surface area (Å²) in [4.78, 5) is 163. The van der Waals surface area contributed by atoms with Crippen LogP contribution in [0.3, 0.4) is 0 Å². The molecule has 12 N–H and O–H groups in total. The van der Waals surface area contributed by atoms with E-state index in [0.717, 1.165) is 86.2 Å². The number of carbonyl (C=O) groups excluding carboxylic acids is 11. The minimum atomic E-state index is -0.659. The molecule has 0 unspecified atom stereocenters. The van der Waals surface area contributed by atoms with Crippen LogP contribution in [0, 0.1) is 5.92 Å². The van der Waals surface area contributed by atoms with Gasteiger partial charge in [0.25, 0.3) is 35.4 Å². The summed E-state index contributed by atoms with van der Waals surface area (Å²) in [6.45, 7) is 20.4. The largest absolute Gasteiger partial charge is 0.378 e. The first-order valence-corrected chi connectivity index (χ1v) is 48.6. The maximum atomic E-state index is 13.4. The standard InChI is InChI=1S/C97H136ClN23O22/c1-67-56-78(105-74-15-13-73(98)14-16-74)77-57-72(12-17-79(77)121(67)68(2)122)70-8-10-71(11-9-70)92(127)103-28-35-133-38-41-136-44-46-138-48-50-140-52-53-141-51-49-139-47-45-137-42-39-134-36-29-104-95(130)89-111-82(63-116(89)5)108-86(124)21-26-101-93(128)80-59-76(62-114(80)3)107-97(132)91-113-84(65-118(91)7)110-87(125)22-27-102-94(129)81-58-75(61-115(81)4)106-96(131)90-112-83(64-117(90)6)109-85(123)20-25-100-88(126)66-143-55-54-142-43-40-135-37-34-119-30-32-120(33-31-119)60-69-18-23-99-24-19-69/h8-17,57-59,61-65,67,69,78,99,105H,18-56,60,66H2,1-7H3,(H,100,126)(H,101,128)(H,102,129)(H,103,127)(H,104,130)(H,106,131)(H,107,132)(H,108,124)(H,109,123)(H,110,125)/t67-,78+/m0/s1. The predicted molar refractivity (Wildman–Crippen MR) is 533 cm³/mol. The van der Waals surface area contributed by atoms with E-state index in [1.54, 1.807) is 54.3 Å². The van der Waals surface area contributed by atoms with E-state index in [4.69, 9.17) is 63.7 Å². The van der Waals surface area contributed by atoms with E-state index < -0.39 is 53.2 Å². The van der Waals surface area contributed by atoms with Crippen LogP contribution in [0.5, 0.6) is 0 Å². The monoisotopic (exact) mass is 2010 g/mol. The van der Waals surface area contributed by atoms with Crippen molar-refractivity contribution in [2.45, 2.75) is 64.5 Å². The summed E-state index contributed by atoms with van der Waals surface area (Å²) in [5, 5.41) is 34.6. The van der Waals surface area contributed by atoms with Crippen LogP contribution in [0.1, 0.15) is 127 Å². The van der Waals surface area contributed by atoms with Gasteiger partial charge in [0.1, 0.15) is 18.0 Å². The summed E-state index contributed by atoms with van der Waals surface area (Å²) in [6.07, 6.45) is 10.2. The molecule has 2 atom stereocenters. The molecule has 3 aliphatic rings. The number of carbonyl (C=O) groups is 11. The highest BCUT2D eigenvalue weighted by Gasteiger charge is 2.34. The van der Waals surface area contributed by atoms with E-state index in [1.165, 1.54) is 85.3 Å². The lowest BCUT2D eigenvalue weighted by Gasteiger charge is -2.39. The summed E-state index contributed by atoms with van der Waals surface area (Å²) in [7, 11) is 7.91. The second kappa shape index (κ2) is 59.6. The van der Waals surface area contributed by atoms with Crippen molar-refractivity contribution in [3.8, 4) is 11.1 Å². The molecule has 0 bridgehead atoms. The third kappa shape index (κ3) is 37.7. The van der Waals surface area contributed by atoms with E-state index in [0.29, 0.717) is 136 Å². The van der Waals surface area contributed by atoms with Gasteiger partial charge in [-0.05, 0) is 123 Å². The van der Waals surface area contributed by atoms with Crippen LogP contribution in [-0.4, -0.2) is 349 Å². The van der Waals surface area contributed by atoms with E-state index in [-0.39, 0.29) is 153 Å². The number of halogens is 1. The van der Waals surface area contributed by atoms with Crippen molar-refractivity contribution in [1.29, 1.82) is 0 Å². The van der Waals surface area contributed by atoms with Gasteiger partial charge in [0.15, 0.2) is 17.5 Å². The van der Waals surface area contributed by atoms with E-state index in [9.17, 15) is 52.7 Å². The number of benzene rings is 3. The smallest absolute Gasteiger partial charge is 0.291 e. The highest BCUT2D eigenvalue weighted by Crippen LogP contribution is 2.42. The molecule has 8 heterocycles. The summed E-state index contributed by atoms with van der Waals surface area (Å²) < 4.78 is 68.6. The molecule has 143 heavy (non-hydrogen) atoms. The van der Waals surface area contributed by atoms with Gasteiger partial charge >= 0.3 is 0 Å². The van der Waals surface area contributed by atoms with Crippen LogP contribution in [0.25, 0.3) is 11.1 Å². The van der Waals surface area contributed by atoms with Gasteiger partial charge in [-0.3, -0.25) is 57.6 Å². The van der Waals surface area contributed by atoms with Gasteiger partial charge in [0, 0.05) is 192 Å². The third-order valence-electron chi connectivity index (χ3n) is 23.3. The Balaban J connectivity index is 0.442. The summed E-state index contributed by atoms with van der Waals surface area (Å²) >= 11 is 6.14. The number of piperidine rings is 1. The molecule has 11 rings (SSSR count). The van der Waals surface area contributed by atoms with Gasteiger partial charge < -0.3 is 149 Å². The molecule has 45 nitrogen and oxygen atoms in total. The maximum Gasteiger partial charge on any atom is 0.291 e. The van der Waals surface area contributed by atoms with Crippen molar-refractivity contribution in [2.24, 2.45) is 41.2 Å². The van der Waals surface area contributed by atoms with Gasteiger partial charge in [-0.1, -0.05) is 29.8 Å². The molecule has 11 amide bonds. The number of piperazine rings is 1. The molecule has 0 aliphatic carbocycles. The lowest BCUT2D eigenvalue weighted by atomic mass is 9.88. The van der Waals surface area contributed by atoms with E-state index in [1.807, 2.05) is 53.4 Å². The van der Waals surface area contributed by atoms with Gasteiger partial charge in [-0.25, -0.2) is 15.0 Å². The first-order valence-electron chi connectivity index (χ1n) is 48.2. The number of aromatic nitrogens is 8. The number of nitrogens with zero attached hydrogens (tertiary/aromatic N) is 11. The van der Waals surface area contributed by atoms with Crippen LogP contribution in [0.4, 0.5) is 40.2 Å². The minimum absolute atomic E-state index is 0.00573. The second-order valence-electron chi connectivity index (χ2n) is 34.3. The number of aryl methyl sites for hydroxylation is 5. The van der Waals surface area contributed by atoms with Crippen molar-refractivity contribution in [1.82, 2.24) is 79.5 Å². The van der Waals surface area contributed by atoms with Crippen molar-refractivity contribution < 1.29 is 105 Å². The number of ether oxygens (including phenoxy) is 11. The molecule has 8 aromatic rings. The Morgan fingerprint density at radius 1 is 0.392 bits per heavy atom. The Hall–Kier alpha value is -12.5. The fourth-order valence-corrected chi connectivity index (χ4v) is 16.1. The van der Waals surface area contributed by atoms with Gasteiger partial charge in [0.2, 0.25) is 47.0 Å². The normalized spacial score (nSPS) is 14.4. The van der Waals surface area contributed by atoms with Crippen LogP contribution in [0.2, 0.25) is 5.02 Å². The fourth-order valence-electron chi connectivity index (χ4n) is 16.0. The van der Waals surface area contributed by atoms with Crippen LogP contribution < -0.4 is 68.7 Å². The number of nitrogens with one attached hydrogen (secondary N) is 12. The zero-order valence-corrected chi connectivity index (χ0v) is 83.2. The first-order chi connectivity index (χ1) is 69.3. The predicted octanol–water partition coefficient (Wildman–Crippen LogP) is 4.61. The molecule has 0 spiro atoms. The van der Waals surface area contributed by atoms with Gasteiger partial charge in [0.05, 0.1) is 156 Å². The Kier molecular flexibility index (Phi) is 46.2. The average molecular weight is 2010 g/mol. The molecule has 0 radical (unpaired) electrons. The topological polar surface area (TPSA) is 507 Å². The lowest BCUT2D eigenvalue weighted by molar-refractivity contribution is -0.126. The van der Waals surface area contributed by atoms with Gasteiger partial charge in [-0.15, -0.1) is 0 Å². The summed E-state index contributed by atoms with van der Waals surface area (Å²) in [5.41, 5.74) is 6.11. The molecule has 778 valence electrons. The van der Waals surface area contributed by atoms with Crippen molar-refractivity contribution in [3.63, 3.8) is 0 Å². The van der Waals surface area contributed by atoms with E-state index >= 15 is 0 Å². The zero-order chi connectivity index (χ0) is 102. The van der Waals surface area contributed by atoms with Crippen molar-refractivity contribution in [3.05, 3.63) is 155 Å². The number of amides is 11. The van der Waals surface area contributed by atoms with Crippen LogP contribution >= 0.6 is 11.6 Å². The third-order valence-corrected chi connectivity index (χ3v) is 23.6. The van der Waals surface area contributed by atoms with Crippen molar-refractivity contribution >= 4 is 117 Å². The molecule has 3 aliphatic heterocycles. The summed E-state index contributed by atoms with van der Waals surface area (Å²) in [5.74, 6) is -3.94. The Morgan fingerprint density at radius 2 is 0.790 bits per heavy atom. The molecule has 2 fully saturated rings. The van der Waals surface area contributed by atoms with Crippen molar-refractivity contribution in [2.75, 3.05) is 267 Å². The lowest BCUT2D eigenvalue weighted by Crippen LogP contribution is -2.49. The van der Waals surface area contributed by atoms with Crippen LogP contribution in [-0.2, 0) is 111 Å². The van der Waals surface area contributed by atoms with E-state index in [2.05, 4.69) is 102 Å². The van der Waals surface area contributed by atoms with Gasteiger partial charge in [-0.2, -0.15) is 0 Å². The Bertz CT molecular complexity index is 5420. The number of fused-ring (bicyclic) bond motifs is 1. The number of imidazole rings is 3. The quantitative estimate of drug-likeness (QED) is 0.0232. The highest BCUT2D eigenvalue weighted by molar-refractivity contribution is 6.30. The molecular weight excluding hydrogens is 1870 g/mol. The fraction of sp³-hybridized carbons (Fsp3) is 0.526. The molecule has 2 saturated heterocycles. The molecule has 46 heteroatoms. The highest BCUT2D eigenvalue weighted by atomic mass is 35.5. The van der Waals surface area contributed by atoms with Crippen LogP contribution in [0.15, 0.2) is 110 Å². The first kappa shape index (κ1) is 111. The number of rotatable bonds is 63. The Labute approximate surface area is 835 Å². The molecule has 0 saturated carbocycles. The maximum absolute atomic E-state index is 13.4. The average Bonchev–Trinajstić information content (AvgIpc) is 0.841. The SMILES string of the molecule is CC(=O)N1c2ccc(-c3ccc(C(=O)NCCOCCOCCOCCOCCOCCOCCOCCOCCNC(=O)c4nc(NC(=O)CCNC(=O)c5cc(NC(=O)c6nc(NC(=O)CCNC(=O)c7cc(NC(=O)c8nc(NC(=O)CCNC(=O)COCCOCCOCCN9CCN(CC%10CCNCC%10)CC9)cn8C)cn7C)cn6C)cn5C)cn4C)cc3)cc2[C@H](Nc2ccc(Cl)cc2)C[C@@H]1C. The second-order valence-corrected chi connectivity index (χ2v) is 34.8. The number of hydrogen-bond donors (Lipinski definition) is 12. The number of hydrogen-bond acceptors (Lipinski definition) is 29.